The summed E-state index contributed by atoms with van der Waals surface area (Å²) in [7, 11) is 0. The predicted molar refractivity (Wildman–Crippen MR) is 160 cm³/mol. The first-order valence-electron chi connectivity index (χ1n) is 14.1. The molecule has 6 rings (SSSR count). The minimum absolute atomic E-state index is 0.284. The third-order valence-corrected chi connectivity index (χ3v) is 7.43. The zero-order chi connectivity index (χ0) is 27.1. The van der Waals surface area contributed by atoms with Crippen molar-refractivity contribution in [3.63, 3.8) is 0 Å². The first-order chi connectivity index (χ1) is 19.8. The highest BCUT2D eigenvalue weighted by Crippen LogP contribution is 2.34. The van der Waals surface area contributed by atoms with Gasteiger partial charge in [0.1, 0.15) is 5.82 Å². The fourth-order valence-electron chi connectivity index (χ4n) is 5.41. The molecule has 0 bridgehead atoms. The molecule has 0 fully saturated rings. The summed E-state index contributed by atoms with van der Waals surface area (Å²) in [5.74, 6) is 2.67. The molecule has 5 aromatic rings. The molecule has 0 saturated heterocycles. The van der Waals surface area contributed by atoms with Crippen molar-refractivity contribution in [2.45, 2.75) is 45.9 Å². The van der Waals surface area contributed by atoms with E-state index in [1.165, 1.54) is 27.9 Å². The van der Waals surface area contributed by atoms with Crippen LogP contribution in [0.15, 0.2) is 109 Å². The Morgan fingerprint density at radius 1 is 0.750 bits per heavy atom. The summed E-state index contributed by atoms with van der Waals surface area (Å²) in [6, 6.07) is 36.2. The lowest BCUT2D eigenvalue weighted by Gasteiger charge is -2.25. The van der Waals surface area contributed by atoms with E-state index < -0.39 is 0 Å². The Hall–Kier alpha value is -4.35. The maximum Gasteiger partial charge on any atom is 0.231 e. The van der Waals surface area contributed by atoms with Crippen molar-refractivity contribution >= 4 is 0 Å². The zero-order valence-corrected chi connectivity index (χ0v) is 23.0. The standard InChI is InChI=1S/C35H35N3O2/c1-2-3-20-38-31(22-36-35(38)29-14-8-5-9-15-29)25-37(23-27-18-19-33-34(21-27)40-26-39-33)24-30-16-10-11-17-32(30)28-12-6-4-7-13-28/h4-19,21-22H,2-3,20,23-26H2,1H3. The van der Waals surface area contributed by atoms with Crippen LogP contribution in [0.4, 0.5) is 0 Å². The van der Waals surface area contributed by atoms with Crippen molar-refractivity contribution in [2.75, 3.05) is 6.79 Å². The highest BCUT2D eigenvalue weighted by molar-refractivity contribution is 5.67. The minimum Gasteiger partial charge on any atom is -0.454 e. The molecule has 0 saturated carbocycles. The van der Waals surface area contributed by atoms with Gasteiger partial charge in [0, 0.05) is 31.7 Å². The van der Waals surface area contributed by atoms with E-state index in [1.807, 2.05) is 6.07 Å². The fourth-order valence-corrected chi connectivity index (χ4v) is 5.41. The first kappa shape index (κ1) is 25.9. The Bertz CT molecular complexity index is 1550. The Morgan fingerprint density at radius 2 is 1.48 bits per heavy atom. The molecule has 0 aliphatic carbocycles. The topological polar surface area (TPSA) is 39.5 Å². The predicted octanol–water partition coefficient (Wildman–Crippen LogP) is 7.95. The Labute approximate surface area is 236 Å². The molecule has 40 heavy (non-hydrogen) atoms. The SMILES string of the molecule is CCCCn1c(CN(Cc2ccc3c(c2)OCO3)Cc2ccccc2-c2ccccc2)cnc1-c1ccccc1. The molecule has 1 aliphatic heterocycles. The average Bonchev–Trinajstić information content (AvgIpc) is 3.64. The number of aromatic nitrogens is 2. The summed E-state index contributed by atoms with van der Waals surface area (Å²) in [6.07, 6.45) is 4.31. The highest BCUT2D eigenvalue weighted by atomic mass is 16.7. The summed E-state index contributed by atoms with van der Waals surface area (Å²) >= 11 is 0. The summed E-state index contributed by atoms with van der Waals surface area (Å²) in [6.45, 7) is 5.84. The summed E-state index contributed by atoms with van der Waals surface area (Å²) in [5, 5.41) is 0. The molecule has 2 heterocycles. The van der Waals surface area contributed by atoms with Crippen LogP contribution in [-0.2, 0) is 26.2 Å². The number of imidazole rings is 1. The van der Waals surface area contributed by atoms with E-state index >= 15 is 0 Å². The van der Waals surface area contributed by atoms with Crippen LogP contribution in [0.25, 0.3) is 22.5 Å². The van der Waals surface area contributed by atoms with E-state index in [4.69, 9.17) is 14.5 Å². The molecule has 0 unspecified atom stereocenters. The number of hydrogen-bond donors (Lipinski definition) is 0. The molecule has 0 amide bonds. The fraction of sp³-hybridized carbons (Fsp3) is 0.229. The number of ether oxygens (including phenoxy) is 2. The van der Waals surface area contributed by atoms with Gasteiger partial charge in [-0.1, -0.05) is 104 Å². The van der Waals surface area contributed by atoms with Crippen LogP contribution in [-0.4, -0.2) is 21.2 Å². The number of benzene rings is 4. The van der Waals surface area contributed by atoms with Crippen molar-refractivity contribution < 1.29 is 9.47 Å². The van der Waals surface area contributed by atoms with Gasteiger partial charge in [-0.05, 0) is 40.8 Å². The van der Waals surface area contributed by atoms with Gasteiger partial charge >= 0.3 is 0 Å². The van der Waals surface area contributed by atoms with E-state index in [0.29, 0.717) is 0 Å². The molecule has 1 aliphatic rings. The second kappa shape index (κ2) is 12.2. The lowest BCUT2D eigenvalue weighted by Crippen LogP contribution is -2.24. The Kier molecular flexibility index (Phi) is 7.92. The third kappa shape index (κ3) is 5.80. The summed E-state index contributed by atoms with van der Waals surface area (Å²) < 4.78 is 13.7. The van der Waals surface area contributed by atoms with E-state index in [-0.39, 0.29) is 6.79 Å². The molecular formula is C35H35N3O2. The molecule has 202 valence electrons. The summed E-state index contributed by atoms with van der Waals surface area (Å²) in [5.41, 5.74) is 7.39. The van der Waals surface area contributed by atoms with E-state index in [2.05, 4.69) is 120 Å². The Morgan fingerprint density at radius 3 is 2.27 bits per heavy atom. The summed E-state index contributed by atoms with van der Waals surface area (Å²) in [4.78, 5) is 7.43. The van der Waals surface area contributed by atoms with Gasteiger partial charge in [-0.2, -0.15) is 0 Å². The minimum atomic E-state index is 0.284. The van der Waals surface area contributed by atoms with Crippen LogP contribution in [0.3, 0.4) is 0 Å². The lowest BCUT2D eigenvalue weighted by molar-refractivity contribution is 0.174. The van der Waals surface area contributed by atoms with Crippen LogP contribution in [0.2, 0.25) is 0 Å². The average molecular weight is 530 g/mol. The van der Waals surface area contributed by atoms with Crippen LogP contribution in [0.5, 0.6) is 11.5 Å². The monoisotopic (exact) mass is 529 g/mol. The van der Waals surface area contributed by atoms with Crippen molar-refractivity contribution in [2.24, 2.45) is 0 Å². The van der Waals surface area contributed by atoms with Crippen LogP contribution in [0, 0.1) is 0 Å². The maximum atomic E-state index is 5.70. The molecule has 0 spiro atoms. The van der Waals surface area contributed by atoms with Gasteiger partial charge < -0.3 is 14.0 Å². The largest absolute Gasteiger partial charge is 0.454 e. The normalized spacial score (nSPS) is 12.2. The molecule has 1 aromatic heterocycles. The van der Waals surface area contributed by atoms with Crippen LogP contribution < -0.4 is 9.47 Å². The van der Waals surface area contributed by atoms with Gasteiger partial charge in [0.15, 0.2) is 11.5 Å². The number of hydrogen-bond acceptors (Lipinski definition) is 4. The van der Waals surface area contributed by atoms with E-state index in [1.54, 1.807) is 0 Å². The molecule has 5 heteroatoms. The zero-order valence-electron chi connectivity index (χ0n) is 23.0. The number of rotatable bonds is 11. The second-order valence-corrected chi connectivity index (χ2v) is 10.3. The smallest absolute Gasteiger partial charge is 0.231 e. The van der Waals surface area contributed by atoms with Crippen LogP contribution >= 0.6 is 0 Å². The van der Waals surface area contributed by atoms with Crippen molar-refractivity contribution in [3.8, 4) is 34.0 Å². The lowest BCUT2D eigenvalue weighted by atomic mass is 9.99. The Balaban J connectivity index is 1.35. The van der Waals surface area contributed by atoms with Crippen molar-refractivity contribution in [1.29, 1.82) is 0 Å². The number of unbranched alkanes of at least 4 members (excludes halogenated alkanes) is 1. The van der Waals surface area contributed by atoms with Crippen molar-refractivity contribution in [3.05, 3.63) is 126 Å². The van der Waals surface area contributed by atoms with Gasteiger partial charge in [-0.15, -0.1) is 0 Å². The van der Waals surface area contributed by atoms with Crippen molar-refractivity contribution in [1.82, 2.24) is 14.5 Å². The molecule has 4 aromatic carbocycles. The van der Waals surface area contributed by atoms with Gasteiger partial charge in [0.2, 0.25) is 6.79 Å². The molecule has 0 radical (unpaired) electrons. The highest BCUT2D eigenvalue weighted by Gasteiger charge is 2.19. The maximum absolute atomic E-state index is 5.70. The van der Waals surface area contributed by atoms with Crippen LogP contribution in [0.1, 0.15) is 36.6 Å². The first-order valence-corrected chi connectivity index (χ1v) is 14.1. The molecule has 0 N–H and O–H groups in total. The quantitative estimate of drug-likeness (QED) is 0.174. The molecular weight excluding hydrogens is 494 g/mol. The van der Waals surface area contributed by atoms with Gasteiger partial charge in [0.25, 0.3) is 0 Å². The number of nitrogens with zero attached hydrogens (tertiary/aromatic N) is 3. The van der Waals surface area contributed by atoms with Gasteiger partial charge in [0.05, 0.1) is 11.9 Å². The third-order valence-electron chi connectivity index (χ3n) is 7.43. The molecule has 5 nitrogen and oxygen atoms in total. The molecule has 0 atom stereocenters. The number of fused-ring (bicyclic) bond motifs is 1. The van der Waals surface area contributed by atoms with Gasteiger partial charge in [-0.3, -0.25) is 4.90 Å². The van der Waals surface area contributed by atoms with E-state index in [0.717, 1.165) is 61.9 Å². The second-order valence-electron chi connectivity index (χ2n) is 10.3. The van der Waals surface area contributed by atoms with E-state index in [9.17, 15) is 0 Å². The van der Waals surface area contributed by atoms with Gasteiger partial charge in [-0.25, -0.2) is 4.98 Å².